The molecule has 1 aliphatic carbocycles. The van der Waals surface area contributed by atoms with Gasteiger partial charge in [0, 0.05) is 0 Å². The Morgan fingerprint density at radius 3 is 3.00 bits per heavy atom. The van der Waals surface area contributed by atoms with Crippen molar-refractivity contribution in [3.05, 3.63) is 0 Å². The minimum absolute atomic E-state index is 0.492. The lowest BCUT2D eigenvalue weighted by Gasteiger charge is -2.24. The van der Waals surface area contributed by atoms with Crippen LogP contribution in [0.1, 0.15) is 39.0 Å². The molecule has 0 saturated heterocycles. The minimum Gasteiger partial charge on any atom is -0.229 e. The van der Waals surface area contributed by atoms with E-state index in [1.807, 2.05) is 0 Å². The van der Waals surface area contributed by atoms with Gasteiger partial charge in [-0.05, 0) is 31.0 Å². The molecule has 62 valence electrons. The molecule has 11 heavy (non-hydrogen) atoms. The predicted molar refractivity (Wildman–Crippen MR) is 51.1 cm³/mol. The summed E-state index contributed by atoms with van der Waals surface area (Å²) in [5, 5.41) is 2.49. The molecule has 0 aliphatic heterocycles. The molecule has 2 atom stereocenters. The van der Waals surface area contributed by atoms with Gasteiger partial charge in [0.1, 0.15) is 0 Å². The molecule has 2 unspecified atom stereocenters. The van der Waals surface area contributed by atoms with Gasteiger partial charge in [-0.3, -0.25) is 0 Å². The van der Waals surface area contributed by atoms with Gasteiger partial charge in [-0.2, -0.15) is 0 Å². The second-order valence-electron chi connectivity index (χ2n) is 3.32. The van der Waals surface area contributed by atoms with Crippen molar-refractivity contribution in [3.8, 4) is 0 Å². The second-order valence-corrected chi connectivity index (χ2v) is 3.50. The quantitative estimate of drug-likeness (QED) is 0.457. The molecule has 2 heteroatoms. The van der Waals surface area contributed by atoms with Crippen molar-refractivity contribution < 1.29 is 0 Å². The van der Waals surface area contributed by atoms with Gasteiger partial charge in [0.2, 0.25) is 0 Å². The smallest absolute Gasteiger partial charge is 0.0605 e. The molecule has 0 aromatic heterocycles. The normalized spacial score (nSPS) is 31.0. The predicted octanol–water partition coefficient (Wildman–Crippen LogP) is 3.06. The van der Waals surface area contributed by atoms with E-state index < -0.39 is 0 Å². The lowest BCUT2D eigenvalue weighted by Crippen LogP contribution is -2.17. The molecule has 0 bridgehead atoms. The van der Waals surface area contributed by atoms with E-state index in [1.54, 1.807) is 0 Å². The van der Waals surface area contributed by atoms with Crippen LogP contribution in [0.25, 0.3) is 0 Å². The summed E-state index contributed by atoms with van der Waals surface area (Å²) >= 11 is 4.59. The van der Waals surface area contributed by atoms with Crippen LogP contribution in [-0.4, -0.2) is 11.2 Å². The molecule has 0 aromatic carbocycles. The Morgan fingerprint density at radius 2 is 2.36 bits per heavy atom. The maximum Gasteiger partial charge on any atom is 0.0605 e. The minimum atomic E-state index is 0.492. The largest absolute Gasteiger partial charge is 0.229 e. The van der Waals surface area contributed by atoms with E-state index in [-0.39, 0.29) is 0 Å². The van der Waals surface area contributed by atoms with Gasteiger partial charge in [-0.1, -0.05) is 26.2 Å². The van der Waals surface area contributed by atoms with Crippen LogP contribution in [0.3, 0.4) is 0 Å². The third kappa shape index (κ3) is 2.72. The summed E-state index contributed by atoms with van der Waals surface area (Å²) in [5.41, 5.74) is 0. The molecule has 1 rings (SSSR count). The maximum atomic E-state index is 4.59. The zero-order valence-corrected chi connectivity index (χ0v) is 7.86. The van der Waals surface area contributed by atoms with E-state index in [2.05, 4.69) is 29.3 Å². The summed E-state index contributed by atoms with van der Waals surface area (Å²) in [7, 11) is 0. The van der Waals surface area contributed by atoms with Gasteiger partial charge < -0.3 is 0 Å². The molecule has 1 saturated carbocycles. The van der Waals surface area contributed by atoms with E-state index in [9.17, 15) is 0 Å². The van der Waals surface area contributed by atoms with Crippen LogP contribution in [-0.2, 0) is 0 Å². The summed E-state index contributed by atoms with van der Waals surface area (Å²) in [6, 6.07) is 0.492. The Kier molecular flexibility index (Phi) is 3.74. The molecule has 1 fully saturated rings. The van der Waals surface area contributed by atoms with Gasteiger partial charge in [0.15, 0.2) is 0 Å². The Bertz CT molecular complexity index is 161. The fourth-order valence-corrected chi connectivity index (χ4v) is 1.97. The first kappa shape index (κ1) is 8.89. The highest BCUT2D eigenvalue weighted by atomic mass is 32.1. The second kappa shape index (κ2) is 4.63. The van der Waals surface area contributed by atoms with E-state index in [0.29, 0.717) is 6.04 Å². The molecule has 0 N–H and O–H groups in total. The monoisotopic (exact) mass is 169 g/mol. The topological polar surface area (TPSA) is 12.4 Å². The number of thiocarbonyl (C=S) groups is 1. The Balaban J connectivity index is 2.38. The standard InChI is InChI=1S/C9H15NS/c1-2-8-4-3-5-9(6-8)10-7-11/h8-9H,2-6H2,1H3. The van der Waals surface area contributed by atoms with E-state index >= 15 is 0 Å². The Labute approximate surface area is 73.9 Å². The third-order valence-corrected chi connectivity index (χ3v) is 2.67. The van der Waals surface area contributed by atoms with Crippen molar-refractivity contribution in [2.45, 2.75) is 45.1 Å². The van der Waals surface area contributed by atoms with Crippen LogP contribution >= 0.6 is 12.2 Å². The lowest BCUT2D eigenvalue weighted by atomic mass is 9.84. The van der Waals surface area contributed by atoms with Crippen LogP contribution in [0.15, 0.2) is 4.99 Å². The number of hydrogen-bond donors (Lipinski definition) is 0. The molecular formula is C9H15NS. The number of hydrogen-bond acceptors (Lipinski definition) is 2. The number of isothiocyanates is 1. The summed E-state index contributed by atoms with van der Waals surface area (Å²) in [5.74, 6) is 0.890. The molecule has 0 radical (unpaired) electrons. The van der Waals surface area contributed by atoms with Crippen molar-refractivity contribution in [1.82, 2.24) is 0 Å². The van der Waals surface area contributed by atoms with E-state index in [0.717, 1.165) is 5.92 Å². The van der Waals surface area contributed by atoms with Gasteiger partial charge in [0.05, 0.1) is 11.2 Å². The number of aliphatic imine (C=N–C) groups is 1. The Hall–Kier alpha value is -0.200. The first-order valence-electron chi connectivity index (χ1n) is 4.43. The van der Waals surface area contributed by atoms with Crippen molar-refractivity contribution in [3.63, 3.8) is 0 Å². The summed E-state index contributed by atoms with van der Waals surface area (Å²) in [4.78, 5) is 4.15. The zero-order chi connectivity index (χ0) is 8.10. The maximum absolute atomic E-state index is 4.59. The molecular weight excluding hydrogens is 154 g/mol. The lowest BCUT2D eigenvalue weighted by molar-refractivity contribution is 0.317. The summed E-state index contributed by atoms with van der Waals surface area (Å²) in [6.45, 7) is 2.26. The molecule has 0 heterocycles. The SMILES string of the molecule is CCC1CCCC(N=C=S)C1. The van der Waals surface area contributed by atoms with Gasteiger partial charge in [-0.15, -0.1) is 0 Å². The van der Waals surface area contributed by atoms with Crippen LogP contribution in [0.4, 0.5) is 0 Å². The van der Waals surface area contributed by atoms with Gasteiger partial charge >= 0.3 is 0 Å². The third-order valence-electron chi connectivity index (χ3n) is 2.57. The zero-order valence-electron chi connectivity index (χ0n) is 7.05. The van der Waals surface area contributed by atoms with Crippen molar-refractivity contribution in [1.29, 1.82) is 0 Å². The molecule has 0 aromatic rings. The summed E-state index contributed by atoms with van der Waals surface area (Å²) < 4.78 is 0. The van der Waals surface area contributed by atoms with Crippen LogP contribution in [0.2, 0.25) is 0 Å². The Morgan fingerprint density at radius 1 is 1.55 bits per heavy atom. The van der Waals surface area contributed by atoms with E-state index in [4.69, 9.17) is 0 Å². The summed E-state index contributed by atoms with van der Waals surface area (Å²) in [6.07, 6.45) is 6.47. The molecule has 0 spiro atoms. The van der Waals surface area contributed by atoms with Crippen molar-refractivity contribution in [2.24, 2.45) is 10.9 Å². The fourth-order valence-electron chi connectivity index (χ4n) is 1.83. The molecule has 1 aliphatic rings. The van der Waals surface area contributed by atoms with Crippen molar-refractivity contribution in [2.75, 3.05) is 0 Å². The highest BCUT2D eigenvalue weighted by Gasteiger charge is 2.19. The number of rotatable bonds is 2. The van der Waals surface area contributed by atoms with Gasteiger partial charge in [-0.25, -0.2) is 4.99 Å². The van der Waals surface area contributed by atoms with Crippen LogP contribution in [0, 0.1) is 5.92 Å². The number of nitrogens with zero attached hydrogens (tertiary/aromatic N) is 1. The van der Waals surface area contributed by atoms with Crippen molar-refractivity contribution >= 4 is 17.4 Å². The first-order chi connectivity index (χ1) is 5.36. The average molecular weight is 169 g/mol. The molecule has 0 amide bonds. The highest BCUT2D eigenvalue weighted by Crippen LogP contribution is 2.27. The highest BCUT2D eigenvalue weighted by molar-refractivity contribution is 7.78. The molecule has 1 nitrogen and oxygen atoms in total. The van der Waals surface area contributed by atoms with E-state index in [1.165, 1.54) is 32.1 Å². The van der Waals surface area contributed by atoms with Crippen LogP contribution in [0.5, 0.6) is 0 Å². The van der Waals surface area contributed by atoms with Gasteiger partial charge in [0.25, 0.3) is 0 Å². The average Bonchev–Trinajstić information content (AvgIpc) is 2.06. The fraction of sp³-hybridized carbons (Fsp3) is 0.889. The first-order valence-corrected chi connectivity index (χ1v) is 4.84. The van der Waals surface area contributed by atoms with Crippen LogP contribution < -0.4 is 0 Å².